The minimum Gasteiger partial charge on any atom is -0.333 e. The van der Waals surface area contributed by atoms with Gasteiger partial charge in [0, 0.05) is 17.2 Å². The van der Waals surface area contributed by atoms with Gasteiger partial charge in [-0.3, -0.25) is 9.36 Å². The maximum atomic E-state index is 12.7. The number of aromatic nitrogens is 3. The van der Waals surface area contributed by atoms with Gasteiger partial charge < -0.3 is 5.32 Å². The lowest BCUT2D eigenvalue weighted by atomic mass is 10.3. The zero-order chi connectivity index (χ0) is 17.8. The van der Waals surface area contributed by atoms with Gasteiger partial charge >= 0.3 is 0 Å². The van der Waals surface area contributed by atoms with Crippen LogP contribution in [0.3, 0.4) is 0 Å². The van der Waals surface area contributed by atoms with E-state index < -0.39 is 0 Å². The predicted octanol–water partition coefficient (Wildman–Crippen LogP) is 5.06. The molecule has 9 heteroatoms. The van der Waals surface area contributed by atoms with Crippen molar-refractivity contribution < 1.29 is 0 Å². The quantitative estimate of drug-likeness (QED) is 0.573. The topological polar surface area (TPSA) is 59.8 Å². The number of thiophene rings is 1. The number of nitrogens with one attached hydrogen (secondary N) is 1. The van der Waals surface area contributed by atoms with Crippen LogP contribution in [-0.2, 0) is 12.3 Å². The van der Waals surface area contributed by atoms with Gasteiger partial charge in [0.05, 0.1) is 15.7 Å². The van der Waals surface area contributed by atoms with E-state index in [0.717, 1.165) is 5.75 Å². The van der Waals surface area contributed by atoms with Crippen LogP contribution >= 0.6 is 46.3 Å². The predicted molar refractivity (Wildman–Crippen MR) is 106 cm³/mol. The summed E-state index contributed by atoms with van der Waals surface area (Å²) in [6, 6.07) is 9.20. The molecule has 0 atom stereocenters. The van der Waals surface area contributed by atoms with Crippen molar-refractivity contribution in [2.75, 3.05) is 5.32 Å². The van der Waals surface area contributed by atoms with E-state index in [2.05, 4.69) is 21.6 Å². The first kappa shape index (κ1) is 18.3. The van der Waals surface area contributed by atoms with E-state index in [1.165, 1.54) is 16.6 Å². The lowest BCUT2D eigenvalue weighted by molar-refractivity contribution is 0.597. The van der Waals surface area contributed by atoms with Crippen LogP contribution in [0.15, 0.2) is 45.7 Å². The van der Waals surface area contributed by atoms with Crippen molar-refractivity contribution in [1.29, 1.82) is 0 Å². The monoisotopic (exact) mass is 412 g/mol. The van der Waals surface area contributed by atoms with Crippen molar-refractivity contribution >= 4 is 57.8 Å². The van der Waals surface area contributed by atoms with E-state index in [9.17, 15) is 4.79 Å². The van der Waals surface area contributed by atoms with Crippen molar-refractivity contribution in [3.63, 3.8) is 0 Å². The number of hydrogen-bond donors (Lipinski definition) is 1. The van der Waals surface area contributed by atoms with Crippen molar-refractivity contribution in [3.8, 4) is 0 Å². The van der Waals surface area contributed by atoms with Crippen molar-refractivity contribution in [2.45, 2.75) is 24.4 Å². The van der Waals surface area contributed by atoms with Gasteiger partial charge in [-0.25, -0.2) is 0 Å². The summed E-state index contributed by atoms with van der Waals surface area (Å²) < 4.78 is 1.59. The fourth-order valence-electron chi connectivity index (χ4n) is 2.13. The van der Waals surface area contributed by atoms with Gasteiger partial charge in [0.25, 0.3) is 5.56 Å². The molecular weight excluding hydrogens is 399 g/mol. The Morgan fingerprint density at radius 2 is 2.08 bits per heavy atom. The molecule has 0 radical (unpaired) electrons. The van der Waals surface area contributed by atoms with Crippen LogP contribution in [0, 0.1) is 0 Å². The van der Waals surface area contributed by atoms with Gasteiger partial charge in [0.2, 0.25) is 5.82 Å². The van der Waals surface area contributed by atoms with Crippen molar-refractivity contribution in [2.24, 2.45) is 0 Å². The molecule has 3 rings (SSSR count). The lowest BCUT2D eigenvalue weighted by Crippen LogP contribution is -2.26. The van der Waals surface area contributed by atoms with Gasteiger partial charge in [0.15, 0.2) is 5.16 Å². The summed E-state index contributed by atoms with van der Waals surface area (Å²) in [4.78, 5) is 13.9. The summed E-state index contributed by atoms with van der Waals surface area (Å²) in [6.45, 7) is 2.40. The smallest absolute Gasteiger partial charge is 0.297 e. The molecule has 2 aromatic heterocycles. The standard InChI is InChI=1S/C16H14Cl2N4OS2/c1-2-22-15(23)14(19-12-7-3-6-11(17)13(12)18)20-21-16(22)25-9-10-5-4-8-24-10/h3-8H,2,9H2,1H3,(H,19,20). The highest BCUT2D eigenvalue weighted by Gasteiger charge is 2.14. The Labute approximate surface area is 163 Å². The molecule has 0 aliphatic heterocycles. The summed E-state index contributed by atoms with van der Waals surface area (Å²) in [5, 5.41) is 14.5. The number of anilines is 2. The fourth-order valence-corrected chi connectivity index (χ4v) is 4.25. The molecule has 5 nitrogen and oxygen atoms in total. The third-order valence-corrected chi connectivity index (χ3v) is 6.25. The van der Waals surface area contributed by atoms with E-state index in [-0.39, 0.29) is 11.4 Å². The van der Waals surface area contributed by atoms with Gasteiger partial charge in [0.1, 0.15) is 0 Å². The Hall–Kier alpha value is -1.54. The minimum atomic E-state index is -0.248. The molecule has 0 saturated carbocycles. The Morgan fingerprint density at radius 3 is 2.80 bits per heavy atom. The fraction of sp³-hybridized carbons (Fsp3) is 0.188. The normalized spacial score (nSPS) is 10.8. The third kappa shape index (κ3) is 4.17. The summed E-state index contributed by atoms with van der Waals surface area (Å²) in [7, 11) is 0. The van der Waals surface area contributed by atoms with Gasteiger partial charge in [-0.2, -0.15) is 0 Å². The maximum absolute atomic E-state index is 12.7. The first-order chi connectivity index (χ1) is 12.1. The van der Waals surface area contributed by atoms with Crippen LogP contribution in [0.25, 0.3) is 0 Å². The number of benzene rings is 1. The second-order valence-electron chi connectivity index (χ2n) is 4.98. The van der Waals surface area contributed by atoms with Crippen LogP contribution < -0.4 is 10.9 Å². The molecule has 0 saturated heterocycles. The van der Waals surface area contributed by atoms with Crippen LogP contribution in [0.1, 0.15) is 11.8 Å². The van der Waals surface area contributed by atoms with Crippen LogP contribution in [-0.4, -0.2) is 14.8 Å². The summed E-state index contributed by atoms with van der Waals surface area (Å²) in [6.07, 6.45) is 0. The molecular formula is C16H14Cl2N4OS2. The highest BCUT2D eigenvalue weighted by atomic mass is 35.5. The molecule has 0 amide bonds. The van der Waals surface area contributed by atoms with E-state index >= 15 is 0 Å². The average molecular weight is 413 g/mol. The number of rotatable bonds is 6. The van der Waals surface area contributed by atoms with Crippen molar-refractivity contribution in [1.82, 2.24) is 14.8 Å². The Balaban J connectivity index is 1.86. The molecule has 1 N–H and O–H groups in total. The largest absolute Gasteiger partial charge is 0.333 e. The Morgan fingerprint density at radius 1 is 1.24 bits per heavy atom. The average Bonchev–Trinajstić information content (AvgIpc) is 3.12. The van der Waals surface area contributed by atoms with Crippen LogP contribution in [0.2, 0.25) is 10.0 Å². The summed E-state index contributed by atoms with van der Waals surface area (Å²) in [5.74, 6) is 0.866. The second kappa shape index (κ2) is 8.23. The van der Waals surface area contributed by atoms with Crippen molar-refractivity contribution in [3.05, 3.63) is 61.0 Å². The Kier molecular flexibility index (Phi) is 6.01. The van der Waals surface area contributed by atoms with Crippen LogP contribution in [0.4, 0.5) is 11.5 Å². The number of nitrogens with zero attached hydrogens (tertiary/aromatic N) is 3. The maximum Gasteiger partial charge on any atom is 0.297 e. The second-order valence-corrected chi connectivity index (χ2v) is 7.73. The summed E-state index contributed by atoms with van der Waals surface area (Å²) >= 11 is 15.3. The van der Waals surface area contributed by atoms with E-state index in [4.69, 9.17) is 23.2 Å². The molecule has 0 unspecified atom stereocenters. The highest BCUT2D eigenvalue weighted by molar-refractivity contribution is 7.98. The van der Waals surface area contributed by atoms with E-state index in [0.29, 0.717) is 27.4 Å². The molecule has 0 fully saturated rings. The molecule has 2 heterocycles. The van der Waals surface area contributed by atoms with E-state index in [1.807, 2.05) is 18.4 Å². The number of hydrogen-bond acceptors (Lipinski definition) is 6. The molecule has 1 aromatic carbocycles. The minimum absolute atomic E-state index is 0.117. The highest BCUT2D eigenvalue weighted by Crippen LogP contribution is 2.31. The zero-order valence-electron chi connectivity index (χ0n) is 13.2. The Bertz CT molecular complexity index is 928. The molecule has 130 valence electrons. The molecule has 0 bridgehead atoms. The molecule has 0 aliphatic carbocycles. The third-order valence-electron chi connectivity index (χ3n) is 3.36. The first-order valence-corrected chi connectivity index (χ1v) is 10.1. The SMILES string of the molecule is CCn1c(SCc2cccs2)nnc(Nc2cccc(Cl)c2Cl)c1=O. The number of halogens is 2. The molecule has 0 spiro atoms. The van der Waals surface area contributed by atoms with Gasteiger partial charge in [-0.15, -0.1) is 21.5 Å². The lowest BCUT2D eigenvalue weighted by Gasteiger charge is -2.12. The van der Waals surface area contributed by atoms with Gasteiger partial charge in [-0.05, 0) is 30.5 Å². The molecule has 0 aliphatic rings. The number of thioether (sulfide) groups is 1. The van der Waals surface area contributed by atoms with Gasteiger partial charge in [-0.1, -0.05) is 47.1 Å². The first-order valence-electron chi connectivity index (χ1n) is 7.44. The molecule has 25 heavy (non-hydrogen) atoms. The molecule has 3 aromatic rings. The zero-order valence-corrected chi connectivity index (χ0v) is 16.3. The summed E-state index contributed by atoms with van der Waals surface area (Å²) in [5.41, 5.74) is 0.268. The van der Waals surface area contributed by atoms with E-state index in [1.54, 1.807) is 34.1 Å². The van der Waals surface area contributed by atoms with Crippen LogP contribution in [0.5, 0.6) is 0 Å².